The minimum absolute atomic E-state index is 0.0414. The van der Waals surface area contributed by atoms with Gasteiger partial charge in [0.1, 0.15) is 5.76 Å². The zero-order chi connectivity index (χ0) is 14.8. The Morgan fingerprint density at radius 2 is 2.00 bits per heavy atom. The average molecular weight is 301 g/mol. The molecule has 5 nitrogen and oxygen atoms in total. The first-order valence-corrected chi connectivity index (χ1v) is 6.94. The Morgan fingerprint density at radius 1 is 1.42 bits per heavy atom. The monoisotopic (exact) mass is 301 g/mol. The van der Waals surface area contributed by atoms with E-state index in [2.05, 4.69) is 4.18 Å². The Morgan fingerprint density at radius 3 is 2.37 bits per heavy atom. The normalized spacial score (nSPS) is 17.4. The molecular formula is C10H14F3NO4S. The van der Waals surface area contributed by atoms with E-state index in [0.29, 0.717) is 0 Å². The van der Waals surface area contributed by atoms with Gasteiger partial charge in [-0.1, -0.05) is 13.8 Å². The van der Waals surface area contributed by atoms with Crippen LogP contribution in [-0.2, 0) is 19.1 Å². The molecule has 9 heteroatoms. The van der Waals surface area contributed by atoms with E-state index in [1.54, 1.807) is 13.8 Å². The molecule has 1 heterocycles. The van der Waals surface area contributed by atoms with E-state index in [-0.39, 0.29) is 37.1 Å². The first-order chi connectivity index (χ1) is 8.54. The van der Waals surface area contributed by atoms with E-state index in [4.69, 9.17) is 0 Å². The maximum absolute atomic E-state index is 12.1. The summed E-state index contributed by atoms with van der Waals surface area (Å²) in [4.78, 5) is 13.0. The Kier molecular flexibility index (Phi) is 4.49. The third kappa shape index (κ3) is 3.85. The van der Waals surface area contributed by atoms with E-state index in [1.165, 1.54) is 11.0 Å². The topological polar surface area (TPSA) is 63.7 Å². The molecule has 0 fully saturated rings. The number of rotatable bonds is 3. The predicted octanol–water partition coefficient (Wildman–Crippen LogP) is 1.62. The van der Waals surface area contributed by atoms with Crippen molar-refractivity contribution in [2.75, 3.05) is 13.1 Å². The summed E-state index contributed by atoms with van der Waals surface area (Å²) in [6.45, 7) is 3.58. The van der Waals surface area contributed by atoms with E-state index in [1.807, 2.05) is 0 Å². The number of alkyl halides is 3. The molecule has 1 amide bonds. The second-order valence-corrected chi connectivity index (χ2v) is 5.88. The first kappa shape index (κ1) is 15.8. The summed E-state index contributed by atoms with van der Waals surface area (Å²) in [5, 5.41) is 0. The van der Waals surface area contributed by atoms with Gasteiger partial charge in [-0.25, -0.2) is 0 Å². The van der Waals surface area contributed by atoms with Gasteiger partial charge in [-0.3, -0.25) is 4.79 Å². The molecule has 0 N–H and O–H groups in total. The molecule has 0 spiro atoms. The Balaban J connectivity index is 2.69. The lowest BCUT2D eigenvalue weighted by Crippen LogP contribution is -2.38. The molecule has 0 aromatic carbocycles. The molecule has 0 atom stereocenters. The van der Waals surface area contributed by atoms with Crippen LogP contribution in [0.15, 0.2) is 11.8 Å². The SMILES string of the molecule is CC(C)C(=O)N1CC=C(OS(=O)(=O)C(F)(F)F)CC1. The fraction of sp³-hybridized carbons (Fsp3) is 0.700. The lowest BCUT2D eigenvalue weighted by Gasteiger charge is -2.27. The van der Waals surface area contributed by atoms with Gasteiger partial charge in [0.2, 0.25) is 5.91 Å². The second-order valence-electron chi connectivity index (χ2n) is 4.34. The fourth-order valence-electron chi connectivity index (χ4n) is 1.48. The van der Waals surface area contributed by atoms with Crippen molar-refractivity contribution in [1.29, 1.82) is 0 Å². The summed E-state index contributed by atoms with van der Waals surface area (Å²) < 4.78 is 61.8. The predicted molar refractivity (Wildman–Crippen MR) is 60.2 cm³/mol. The van der Waals surface area contributed by atoms with Crippen LogP contribution in [0.4, 0.5) is 13.2 Å². The summed E-state index contributed by atoms with van der Waals surface area (Å²) in [6.07, 6.45) is 1.11. The molecule has 0 radical (unpaired) electrons. The highest BCUT2D eigenvalue weighted by atomic mass is 32.2. The van der Waals surface area contributed by atoms with Crippen LogP contribution in [0.5, 0.6) is 0 Å². The zero-order valence-corrected chi connectivity index (χ0v) is 11.2. The number of hydrogen-bond acceptors (Lipinski definition) is 4. The summed E-state index contributed by atoms with van der Waals surface area (Å²) >= 11 is 0. The van der Waals surface area contributed by atoms with E-state index in [0.717, 1.165) is 0 Å². The van der Waals surface area contributed by atoms with Crippen LogP contribution >= 0.6 is 0 Å². The molecular weight excluding hydrogens is 287 g/mol. The number of nitrogens with zero attached hydrogens (tertiary/aromatic N) is 1. The summed E-state index contributed by atoms with van der Waals surface area (Å²) in [5.74, 6) is -0.658. The highest BCUT2D eigenvalue weighted by molar-refractivity contribution is 7.87. The van der Waals surface area contributed by atoms with Crippen LogP contribution in [0.25, 0.3) is 0 Å². The van der Waals surface area contributed by atoms with Crippen LogP contribution in [0.3, 0.4) is 0 Å². The lowest BCUT2D eigenvalue weighted by molar-refractivity contribution is -0.134. The minimum Gasteiger partial charge on any atom is -0.381 e. The first-order valence-electron chi connectivity index (χ1n) is 5.53. The van der Waals surface area contributed by atoms with Crippen molar-refractivity contribution in [1.82, 2.24) is 4.90 Å². The Bertz CT molecular complexity index is 481. The van der Waals surface area contributed by atoms with Crippen molar-refractivity contribution >= 4 is 16.0 Å². The molecule has 0 aliphatic carbocycles. The van der Waals surface area contributed by atoms with Crippen LogP contribution in [-0.4, -0.2) is 37.8 Å². The molecule has 1 aliphatic rings. The second kappa shape index (κ2) is 5.40. The summed E-state index contributed by atoms with van der Waals surface area (Å²) in [7, 11) is -5.62. The maximum atomic E-state index is 12.1. The molecule has 110 valence electrons. The summed E-state index contributed by atoms with van der Waals surface area (Å²) in [5.41, 5.74) is -5.45. The summed E-state index contributed by atoms with van der Waals surface area (Å²) in [6, 6.07) is 0. The van der Waals surface area contributed by atoms with E-state index >= 15 is 0 Å². The molecule has 0 bridgehead atoms. The lowest BCUT2D eigenvalue weighted by atomic mass is 10.1. The van der Waals surface area contributed by atoms with Crippen molar-refractivity contribution in [3.8, 4) is 0 Å². The van der Waals surface area contributed by atoms with Crippen molar-refractivity contribution in [3.05, 3.63) is 11.8 Å². The van der Waals surface area contributed by atoms with Gasteiger partial charge in [-0.15, -0.1) is 0 Å². The number of amides is 1. The standard InChI is InChI=1S/C10H14F3NO4S/c1-7(2)9(15)14-5-3-8(4-6-14)18-19(16,17)10(11,12)13/h3,7H,4-6H2,1-2H3. The van der Waals surface area contributed by atoms with Crippen LogP contribution in [0, 0.1) is 5.92 Å². The zero-order valence-electron chi connectivity index (χ0n) is 10.4. The van der Waals surface area contributed by atoms with Crippen molar-refractivity contribution in [3.63, 3.8) is 0 Å². The number of carbonyl (C=O) groups excluding carboxylic acids is 1. The van der Waals surface area contributed by atoms with Gasteiger partial charge in [0.25, 0.3) is 0 Å². The molecule has 1 rings (SSSR count). The van der Waals surface area contributed by atoms with E-state index < -0.39 is 15.6 Å². The van der Waals surface area contributed by atoms with Crippen LogP contribution < -0.4 is 0 Å². The van der Waals surface area contributed by atoms with Crippen molar-refractivity contribution in [2.24, 2.45) is 5.92 Å². The van der Waals surface area contributed by atoms with Gasteiger partial charge in [-0.2, -0.15) is 21.6 Å². The molecule has 0 aromatic heterocycles. The fourth-order valence-corrected chi connectivity index (χ4v) is 2.01. The van der Waals surface area contributed by atoms with Gasteiger partial charge in [0.05, 0.1) is 0 Å². The van der Waals surface area contributed by atoms with Gasteiger partial charge >= 0.3 is 15.6 Å². The van der Waals surface area contributed by atoms with Crippen LogP contribution in [0.1, 0.15) is 20.3 Å². The van der Waals surface area contributed by atoms with Crippen LogP contribution in [0.2, 0.25) is 0 Å². The molecule has 0 saturated carbocycles. The van der Waals surface area contributed by atoms with Crippen molar-refractivity contribution in [2.45, 2.75) is 25.8 Å². The van der Waals surface area contributed by atoms with Gasteiger partial charge < -0.3 is 9.08 Å². The Labute approximate surface area is 109 Å². The number of carbonyl (C=O) groups is 1. The molecule has 0 saturated heterocycles. The highest BCUT2D eigenvalue weighted by Gasteiger charge is 2.48. The molecule has 1 aliphatic heterocycles. The van der Waals surface area contributed by atoms with Gasteiger partial charge in [0, 0.05) is 25.4 Å². The molecule has 0 aromatic rings. The largest absolute Gasteiger partial charge is 0.534 e. The molecule has 0 unspecified atom stereocenters. The highest BCUT2D eigenvalue weighted by Crippen LogP contribution is 2.28. The van der Waals surface area contributed by atoms with Crippen molar-refractivity contribution < 1.29 is 30.6 Å². The maximum Gasteiger partial charge on any atom is 0.534 e. The quantitative estimate of drug-likeness (QED) is 0.587. The van der Waals surface area contributed by atoms with Gasteiger partial charge in [0.15, 0.2) is 0 Å². The van der Waals surface area contributed by atoms with Gasteiger partial charge in [-0.05, 0) is 6.08 Å². The number of halogens is 3. The Hall–Kier alpha value is -1.25. The third-order valence-electron chi connectivity index (χ3n) is 2.47. The number of hydrogen-bond donors (Lipinski definition) is 0. The minimum atomic E-state index is -5.62. The third-order valence-corrected chi connectivity index (χ3v) is 3.47. The smallest absolute Gasteiger partial charge is 0.381 e. The molecule has 19 heavy (non-hydrogen) atoms. The van der Waals surface area contributed by atoms with E-state index in [9.17, 15) is 26.4 Å². The average Bonchev–Trinajstić information content (AvgIpc) is 2.27.